The van der Waals surface area contributed by atoms with Crippen molar-refractivity contribution in [1.29, 1.82) is 0 Å². The molecule has 2 saturated heterocycles. The van der Waals surface area contributed by atoms with Gasteiger partial charge in [0.25, 0.3) is 0 Å². The van der Waals surface area contributed by atoms with E-state index in [2.05, 4.69) is 24.1 Å². The monoisotopic (exact) mass is 210 g/mol. The lowest BCUT2D eigenvalue weighted by Gasteiger charge is -2.25. The van der Waals surface area contributed by atoms with E-state index in [1.54, 1.807) is 0 Å². The van der Waals surface area contributed by atoms with Gasteiger partial charge in [0.1, 0.15) is 0 Å². The van der Waals surface area contributed by atoms with Crippen LogP contribution in [0.25, 0.3) is 0 Å². The van der Waals surface area contributed by atoms with Crippen LogP contribution in [0.4, 0.5) is 0 Å². The zero-order valence-corrected chi connectivity index (χ0v) is 10.3. The van der Waals surface area contributed by atoms with Crippen molar-refractivity contribution in [3.05, 3.63) is 0 Å². The summed E-state index contributed by atoms with van der Waals surface area (Å²) in [5.74, 6) is 1.85. The topological polar surface area (TPSA) is 15.3 Å². The summed E-state index contributed by atoms with van der Waals surface area (Å²) in [5.41, 5.74) is 0. The fourth-order valence-corrected chi connectivity index (χ4v) is 3.00. The van der Waals surface area contributed by atoms with E-state index in [0.29, 0.717) is 0 Å². The Balaban J connectivity index is 1.78. The molecule has 0 aromatic heterocycles. The van der Waals surface area contributed by atoms with E-state index < -0.39 is 0 Å². The van der Waals surface area contributed by atoms with Crippen molar-refractivity contribution in [2.45, 2.75) is 45.6 Å². The molecule has 0 saturated carbocycles. The highest BCUT2D eigenvalue weighted by Gasteiger charge is 2.25. The largest absolute Gasteiger partial charge is 0.314 e. The third kappa shape index (κ3) is 3.18. The highest BCUT2D eigenvalue weighted by molar-refractivity contribution is 4.83. The van der Waals surface area contributed by atoms with Gasteiger partial charge in [0.05, 0.1) is 0 Å². The van der Waals surface area contributed by atoms with Gasteiger partial charge in [-0.25, -0.2) is 0 Å². The molecular formula is C13H26N2. The molecule has 0 aliphatic carbocycles. The molecule has 2 nitrogen and oxygen atoms in total. The van der Waals surface area contributed by atoms with Crippen LogP contribution in [-0.2, 0) is 0 Å². The molecule has 15 heavy (non-hydrogen) atoms. The maximum atomic E-state index is 3.56. The lowest BCUT2D eigenvalue weighted by molar-refractivity contribution is 0.229. The average molecular weight is 210 g/mol. The van der Waals surface area contributed by atoms with Gasteiger partial charge in [-0.15, -0.1) is 0 Å². The molecule has 0 aromatic carbocycles. The molecular weight excluding hydrogens is 184 g/mol. The van der Waals surface area contributed by atoms with Gasteiger partial charge in [-0.3, -0.25) is 0 Å². The maximum Gasteiger partial charge on any atom is 0.00796 e. The molecule has 2 aliphatic rings. The summed E-state index contributed by atoms with van der Waals surface area (Å²) < 4.78 is 0. The van der Waals surface area contributed by atoms with Crippen LogP contribution in [0.2, 0.25) is 0 Å². The normalized spacial score (nSPS) is 39.2. The second-order valence-electron chi connectivity index (χ2n) is 5.63. The quantitative estimate of drug-likeness (QED) is 0.751. The third-order valence-electron chi connectivity index (χ3n) is 4.29. The van der Waals surface area contributed by atoms with Crippen molar-refractivity contribution in [3.63, 3.8) is 0 Å². The zero-order chi connectivity index (χ0) is 10.7. The van der Waals surface area contributed by atoms with Gasteiger partial charge in [0.15, 0.2) is 0 Å². The van der Waals surface area contributed by atoms with Gasteiger partial charge < -0.3 is 10.2 Å². The van der Waals surface area contributed by atoms with E-state index in [0.717, 1.165) is 17.9 Å². The summed E-state index contributed by atoms with van der Waals surface area (Å²) >= 11 is 0. The van der Waals surface area contributed by atoms with Crippen LogP contribution in [0.3, 0.4) is 0 Å². The number of likely N-dealkylation sites (tertiary alicyclic amines) is 1. The predicted molar refractivity (Wildman–Crippen MR) is 65.0 cm³/mol. The molecule has 0 amide bonds. The van der Waals surface area contributed by atoms with Crippen LogP contribution in [0, 0.1) is 11.8 Å². The Morgan fingerprint density at radius 2 is 2.00 bits per heavy atom. The number of nitrogens with one attached hydrogen (secondary N) is 1. The third-order valence-corrected chi connectivity index (χ3v) is 4.29. The lowest BCUT2D eigenvalue weighted by Crippen LogP contribution is -2.35. The molecule has 2 aliphatic heterocycles. The van der Waals surface area contributed by atoms with Crippen LogP contribution >= 0.6 is 0 Å². The van der Waals surface area contributed by atoms with Gasteiger partial charge in [-0.2, -0.15) is 0 Å². The molecule has 1 N–H and O–H groups in total. The first-order chi connectivity index (χ1) is 7.25. The van der Waals surface area contributed by atoms with Crippen molar-refractivity contribution in [2.24, 2.45) is 11.8 Å². The summed E-state index contributed by atoms with van der Waals surface area (Å²) in [5, 5.41) is 3.56. The molecule has 88 valence electrons. The number of hydrogen-bond donors (Lipinski definition) is 1. The first-order valence-electron chi connectivity index (χ1n) is 6.71. The Kier molecular flexibility index (Phi) is 4.04. The Labute approximate surface area is 94.4 Å². The number of hydrogen-bond acceptors (Lipinski definition) is 2. The molecule has 3 unspecified atom stereocenters. The summed E-state index contributed by atoms with van der Waals surface area (Å²) in [6, 6.07) is 0.741. The first-order valence-corrected chi connectivity index (χ1v) is 6.71. The minimum atomic E-state index is 0.741. The average Bonchev–Trinajstić information content (AvgIpc) is 2.48. The second kappa shape index (κ2) is 5.31. The van der Waals surface area contributed by atoms with E-state index in [4.69, 9.17) is 0 Å². The van der Waals surface area contributed by atoms with E-state index in [1.165, 1.54) is 51.9 Å². The van der Waals surface area contributed by atoms with Crippen molar-refractivity contribution in [3.8, 4) is 0 Å². The van der Waals surface area contributed by atoms with Gasteiger partial charge in [-0.1, -0.05) is 6.92 Å². The van der Waals surface area contributed by atoms with Gasteiger partial charge in [-0.05, 0) is 64.1 Å². The highest BCUT2D eigenvalue weighted by atomic mass is 15.1. The van der Waals surface area contributed by atoms with Gasteiger partial charge in [0.2, 0.25) is 0 Å². The van der Waals surface area contributed by atoms with Crippen LogP contribution < -0.4 is 5.32 Å². The van der Waals surface area contributed by atoms with Crippen molar-refractivity contribution in [1.82, 2.24) is 10.2 Å². The van der Waals surface area contributed by atoms with Gasteiger partial charge in [0, 0.05) is 12.6 Å². The maximum absolute atomic E-state index is 3.56. The predicted octanol–water partition coefficient (Wildman–Crippen LogP) is 2.11. The Morgan fingerprint density at radius 3 is 2.73 bits per heavy atom. The van der Waals surface area contributed by atoms with Gasteiger partial charge >= 0.3 is 0 Å². The minimum absolute atomic E-state index is 0.741. The Morgan fingerprint density at radius 1 is 1.13 bits per heavy atom. The highest BCUT2D eigenvalue weighted by Crippen LogP contribution is 2.21. The Hall–Kier alpha value is -0.0800. The molecule has 2 rings (SSSR count). The summed E-state index contributed by atoms with van der Waals surface area (Å²) in [6.45, 7) is 10.00. The van der Waals surface area contributed by atoms with Crippen LogP contribution in [0.15, 0.2) is 0 Å². The SMILES string of the molecule is CC1CCCN(CC2CCNC2C)CC1. The fourth-order valence-electron chi connectivity index (χ4n) is 3.00. The standard InChI is InChI=1S/C13H26N2/c1-11-4-3-8-15(9-6-11)10-13-5-7-14-12(13)2/h11-14H,3-10H2,1-2H3. The number of nitrogens with zero attached hydrogens (tertiary/aromatic N) is 1. The van der Waals surface area contributed by atoms with E-state index >= 15 is 0 Å². The van der Waals surface area contributed by atoms with E-state index in [9.17, 15) is 0 Å². The number of rotatable bonds is 2. The molecule has 0 aromatic rings. The molecule has 2 fully saturated rings. The second-order valence-corrected chi connectivity index (χ2v) is 5.63. The molecule has 2 heterocycles. The summed E-state index contributed by atoms with van der Waals surface area (Å²) in [6.07, 6.45) is 5.65. The van der Waals surface area contributed by atoms with Crippen LogP contribution in [-0.4, -0.2) is 37.1 Å². The van der Waals surface area contributed by atoms with E-state index in [1.807, 2.05) is 0 Å². The zero-order valence-electron chi connectivity index (χ0n) is 10.3. The lowest BCUT2D eigenvalue weighted by atomic mass is 10.0. The van der Waals surface area contributed by atoms with Crippen molar-refractivity contribution < 1.29 is 0 Å². The van der Waals surface area contributed by atoms with Crippen LogP contribution in [0.1, 0.15) is 39.5 Å². The molecule has 2 heteroatoms. The van der Waals surface area contributed by atoms with E-state index in [-0.39, 0.29) is 0 Å². The molecule has 3 atom stereocenters. The summed E-state index contributed by atoms with van der Waals surface area (Å²) in [4.78, 5) is 2.71. The van der Waals surface area contributed by atoms with Crippen LogP contribution in [0.5, 0.6) is 0 Å². The molecule has 0 spiro atoms. The molecule has 0 bridgehead atoms. The fraction of sp³-hybridized carbons (Fsp3) is 1.00. The van der Waals surface area contributed by atoms with Crippen molar-refractivity contribution in [2.75, 3.05) is 26.2 Å². The molecule has 0 radical (unpaired) electrons. The minimum Gasteiger partial charge on any atom is -0.314 e. The summed E-state index contributed by atoms with van der Waals surface area (Å²) in [7, 11) is 0. The van der Waals surface area contributed by atoms with Crippen molar-refractivity contribution >= 4 is 0 Å². The smallest absolute Gasteiger partial charge is 0.00796 e. The first kappa shape index (κ1) is 11.4. The Bertz CT molecular complexity index is 193.